The molecule has 0 heterocycles. The molecular formula is C8H17N. The molecule has 1 aliphatic carbocycles. The van der Waals surface area contributed by atoms with Crippen molar-refractivity contribution in [3.8, 4) is 0 Å². The Labute approximate surface area is 57.6 Å². The van der Waals surface area contributed by atoms with Gasteiger partial charge in [-0.2, -0.15) is 0 Å². The van der Waals surface area contributed by atoms with Gasteiger partial charge in [0.05, 0.1) is 0 Å². The largest absolute Gasteiger partial charge is 0.325 e. The van der Waals surface area contributed by atoms with E-state index in [-0.39, 0.29) is 5.54 Å². The van der Waals surface area contributed by atoms with Gasteiger partial charge in [0.2, 0.25) is 0 Å². The van der Waals surface area contributed by atoms with Gasteiger partial charge in [-0.25, -0.2) is 0 Å². The van der Waals surface area contributed by atoms with Gasteiger partial charge in [0.15, 0.2) is 0 Å². The molecule has 2 N–H and O–H groups in total. The van der Waals surface area contributed by atoms with Crippen molar-refractivity contribution in [3.63, 3.8) is 0 Å². The molecule has 54 valence electrons. The summed E-state index contributed by atoms with van der Waals surface area (Å²) in [7, 11) is 0. The van der Waals surface area contributed by atoms with Crippen molar-refractivity contribution in [2.45, 2.75) is 39.2 Å². The maximum Gasteiger partial charge on any atom is 0.0131 e. The van der Waals surface area contributed by atoms with Crippen molar-refractivity contribution < 1.29 is 0 Å². The first-order chi connectivity index (χ1) is 4.01. The third kappa shape index (κ3) is 1.45. The second-order valence-corrected chi connectivity index (χ2v) is 4.07. The van der Waals surface area contributed by atoms with Gasteiger partial charge in [0.1, 0.15) is 0 Å². The topological polar surface area (TPSA) is 26.0 Å². The highest BCUT2D eigenvalue weighted by Gasteiger charge is 2.37. The molecule has 0 saturated heterocycles. The van der Waals surface area contributed by atoms with Crippen LogP contribution in [0.25, 0.3) is 0 Å². The number of hydrogen-bond acceptors (Lipinski definition) is 1. The zero-order valence-electron chi connectivity index (χ0n) is 6.65. The summed E-state index contributed by atoms with van der Waals surface area (Å²) in [6, 6.07) is 0. The Morgan fingerprint density at radius 3 is 2.00 bits per heavy atom. The molecule has 0 unspecified atom stereocenters. The highest BCUT2D eigenvalue weighted by Crippen LogP contribution is 2.39. The van der Waals surface area contributed by atoms with E-state index in [9.17, 15) is 0 Å². The Balaban J connectivity index is 2.27. The maximum absolute atomic E-state index is 5.85. The summed E-state index contributed by atoms with van der Waals surface area (Å²) in [5.74, 6) is 1.74. The van der Waals surface area contributed by atoms with Crippen LogP contribution in [0.3, 0.4) is 0 Å². The zero-order chi connectivity index (χ0) is 7.07. The van der Waals surface area contributed by atoms with E-state index < -0.39 is 0 Å². The Morgan fingerprint density at radius 2 is 1.89 bits per heavy atom. The normalized spacial score (nSPS) is 43.0. The molecular weight excluding hydrogens is 110 g/mol. The van der Waals surface area contributed by atoms with Crippen LogP contribution >= 0.6 is 0 Å². The van der Waals surface area contributed by atoms with Crippen LogP contribution in [0.15, 0.2) is 0 Å². The molecule has 0 bridgehead atoms. The van der Waals surface area contributed by atoms with Gasteiger partial charge in [-0.1, -0.05) is 13.8 Å². The van der Waals surface area contributed by atoms with Crippen LogP contribution in [0.1, 0.15) is 33.6 Å². The Morgan fingerprint density at radius 1 is 1.44 bits per heavy atom. The molecule has 1 aliphatic rings. The van der Waals surface area contributed by atoms with Gasteiger partial charge in [-0.3, -0.25) is 0 Å². The molecule has 0 atom stereocenters. The monoisotopic (exact) mass is 127 g/mol. The van der Waals surface area contributed by atoms with Crippen LogP contribution in [-0.4, -0.2) is 5.54 Å². The zero-order valence-corrected chi connectivity index (χ0v) is 6.65. The van der Waals surface area contributed by atoms with E-state index in [1.54, 1.807) is 0 Å². The molecule has 0 aliphatic heterocycles. The molecule has 9 heavy (non-hydrogen) atoms. The minimum absolute atomic E-state index is 0.176. The third-order valence-corrected chi connectivity index (χ3v) is 2.40. The van der Waals surface area contributed by atoms with E-state index in [0.29, 0.717) is 0 Å². The molecule has 0 aromatic heterocycles. The summed E-state index contributed by atoms with van der Waals surface area (Å²) in [4.78, 5) is 0. The molecule has 1 saturated carbocycles. The molecule has 0 amide bonds. The Bertz CT molecular complexity index is 97.1. The van der Waals surface area contributed by atoms with Crippen LogP contribution in [0.5, 0.6) is 0 Å². The Kier molecular flexibility index (Phi) is 1.55. The van der Waals surface area contributed by atoms with Gasteiger partial charge in [0, 0.05) is 5.54 Å². The predicted octanol–water partition coefficient (Wildman–Crippen LogP) is 1.77. The van der Waals surface area contributed by atoms with E-state index in [2.05, 4.69) is 20.8 Å². The fourth-order valence-corrected chi connectivity index (χ4v) is 1.61. The van der Waals surface area contributed by atoms with Crippen molar-refractivity contribution >= 4 is 0 Å². The Hall–Kier alpha value is -0.0400. The van der Waals surface area contributed by atoms with E-state index >= 15 is 0 Å². The van der Waals surface area contributed by atoms with E-state index in [1.807, 2.05) is 0 Å². The number of nitrogens with two attached hydrogens (primary N) is 1. The quantitative estimate of drug-likeness (QED) is 0.570. The second kappa shape index (κ2) is 1.98. The second-order valence-electron chi connectivity index (χ2n) is 4.07. The van der Waals surface area contributed by atoms with Crippen molar-refractivity contribution in [3.05, 3.63) is 0 Å². The minimum atomic E-state index is 0.176. The fraction of sp³-hybridized carbons (Fsp3) is 1.00. The maximum atomic E-state index is 5.85. The summed E-state index contributed by atoms with van der Waals surface area (Å²) in [6.07, 6.45) is 2.45. The molecule has 1 nitrogen and oxygen atoms in total. The molecule has 0 aromatic rings. The lowest BCUT2D eigenvalue weighted by Crippen LogP contribution is -2.50. The first-order valence-corrected chi connectivity index (χ1v) is 3.80. The van der Waals surface area contributed by atoms with Crippen LogP contribution < -0.4 is 5.73 Å². The van der Waals surface area contributed by atoms with Gasteiger partial charge >= 0.3 is 0 Å². The van der Waals surface area contributed by atoms with E-state index in [0.717, 1.165) is 11.8 Å². The van der Waals surface area contributed by atoms with Crippen molar-refractivity contribution in [2.75, 3.05) is 0 Å². The van der Waals surface area contributed by atoms with Crippen LogP contribution in [0.2, 0.25) is 0 Å². The summed E-state index contributed by atoms with van der Waals surface area (Å²) >= 11 is 0. The van der Waals surface area contributed by atoms with Crippen molar-refractivity contribution in [1.29, 1.82) is 0 Å². The van der Waals surface area contributed by atoms with Crippen molar-refractivity contribution in [1.82, 2.24) is 0 Å². The van der Waals surface area contributed by atoms with E-state index in [4.69, 9.17) is 5.73 Å². The molecule has 1 rings (SSSR count). The van der Waals surface area contributed by atoms with Gasteiger partial charge in [-0.15, -0.1) is 0 Å². The smallest absolute Gasteiger partial charge is 0.0131 e. The van der Waals surface area contributed by atoms with Crippen molar-refractivity contribution in [2.24, 2.45) is 17.6 Å². The summed E-state index contributed by atoms with van der Waals surface area (Å²) in [5, 5.41) is 0. The summed E-state index contributed by atoms with van der Waals surface area (Å²) in [6.45, 7) is 6.70. The lowest BCUT2D eigenvalue weighted by Gasteiger charge is -2.44. The average Bonchev–Trinajstić information content (AvgIpc) is 1.59. The third-order valence-electron chi connectivity index (χ3n) is 2.40. The highest BCUT2D eigenvalue weighted by molar-refractivity contribution is 4.95. The number of hydrogen-bond donors (Lipinski definition) is 1. The minimum Gasteiger partial charge on any atom is -0.325 e. The predicted molar refractivity (Wildman–Crippen MR) is 40.2 cm³/mol. The van der Waals surface area contributed by atoms with Crippen LogP contribution in [-0.2, 0) is 0 Å². The molecule has 0 aromatic carbocycles. The van der Waals surface area contributed by atoms with Gasteiger partial charge in [0.25, 0.3) is 0 Å². The SMILES string of the molecule is CC(C)C1CC(C)(N)C1. The lowest BCUT2D eigenvalue weighted by atomic mass is 9.66. The molecule has 1 fully saturated rings. The lowest BCUT2D eigenvalue weighted by molar-refractivity contribution is 0.121. The van der Waals surface area contributed by atoms with Gasteiger partial charge < -0.3 is 5.73 Å². The number of rotatable bonds is 1. The standard InChI is InChI=1S/C8H17N/c1-6(2)7-4-8(3,9)5-7/h6-7H,4-5,9H2,1-3H3. The first kappa shape index (κ1) is 7.07. The summed E-state index contributed by atoms with van der Waals surface area (Å²) < 4.78 is 0. The van der Waals surface area contributed by atoms with E-state index in [1.165, 1.54) is 12.8 Å². The highest BCUT2D eigenvalue weighted by atomic mass is 14.8. The molecule has 1 heteroatoms. The fourth-order valence-electron chi connectivity index (χ4n) is 1.61. The molecule has 0 radical (unpaired) electrons. The molecule has 0 spiro atoms. The van der Waals surface area contributed by atoms with Crippen LogP contribution in [0, 0.1) is 11.8 Å². The first-order valence-electron chi connectivity index (χ1n) is 3.80. The average molecular weight is 127 g/mol. The van der Waals surface area contributed by atoms with Crippen LogP contribution in [0.4, 0.5) is 0 Å². The van der Waals surface area contributed by atoms with Gasteiger partial charge in [-0.05, 0) is 31.6 Å². The summed E-state index contributed by atoms with van der Waals surface area (Å²) in [5.41, 5.74) is 6.03.